The van der Waals surface area contributed by atoms with Crippen molar-refractivity contribution < 1.29 is 8.42 Å². The number of nitrogens with zero attached hydrogens (tertiary/aromatic N) is 5. The highest BCUT2D eigenvalue weighted by atomic mass is 32.2. The molecule has 1 aliphatic rings. The zero-order chi connectivity index (χ0) is 17.9. The predicted molar refractivity (Wildman–Crippen MR) is 97.7 cm³/mol. The molecule has 0 fully saturated rings. The Morgan fingerprint density at radius 3 is 2.56 bits per heavy atom. The van der Waals surface area contributed by atoms with Gasteiger partial charge in [-0.1, -0.05) is 30.3 Å². The van der Waals surface area contributed by atoms with Gasteiger partial charge < -0.3 is 9.47 Å². The highest BCUT2D eigenvalue weighted by molar-refractivity contribution is 7.89. The quantitative estimate of drug-likeness (QED) is 0.768. The summed E-state index contributed by atoms with van der Waals surface area (Å²) >= 11 is 0. The standard InChI is InChI=1S/C17H25N5O2S/c1-20(2)25(23,24)14-6-10-21-11-9-16-18-19-17(22(16)13-12-21)15-7-4-3-5-8-15/h3-5,7-8H,6,9-14H2,1-2H3. The summed E-state index contributed by atoms with van der Waals surface area (Å²) in [4.78, 5) is 2.31. The lowest BCUT2D eigenvalue weighted by molar-refractivity contribution is 0.280. The summed E-state index contributed by atoms with van der Waals surface area (Å²) in [6, 6.07) is 10.1. The minimum absolute atomic E-state index is 0.192. The predicted octanol–water partition coefficient (Wildman–Crippen LogP) is 1.08. The van der Waals surface area contributed by atoms with E-state index in [1.165, 1.54) is 4.31 Å². The van der Waals surface area contributed by atoms with Crippen LogP contribution < -0.4 is 0 Å². The van der Waals surface area contributed by atoms with Crippen LogP contribution in [0.1, 0.15) is 12.2 Å². The summed E-state index contributed by atoms with van der Waals surface area (Å²) in [6.07, 6.45) is 1.48. The summed E-state index contributed by atoms with van der Waals surface area (Å²) in [7, 11) is 0.0488. The molecule has 1 aliphatic heterocycles. The van der Waals surface area contributed by atoms with Crippen LogP contribution in [0, 0.1) is 0 Å². The van der Waals surface area contributed by atoms with E-state index in [2.05, 4.69) is 19.7 Å². The van der Waals surface area contributed by atoms with Gasteiger partial charge in [0.2, 0.25) is 10.0 Å². The lowest BCUT2D eigenvalue weighted by Crippen LogP contribution is -2.31. The SMILES string of the molecule is CN(C)S(=O)(=O)CCCN1CCc2nnc(-c3ccccc3)n2CC1. The number of aromatic nitrogens is 3. The van der Waals surface area contributed by atoms with Crippen LogP contribution in [0.15, 0.2) is 30.3 Å². The minimum atomic E-state index is -3.11. The maximum atomic E-state index is 11.9. The van der Waals surface area contributed by atoms with Crippen molar-refractivity contribution in [2.75, 3.05) is 39.5 Å². The van der Waals surface area contributed by atoms with Crippen molar-refractivity contribution in [2.45, 2.75) is 19.4 Å². The highest BCUT2D eigenvalue weighted by Crippen LogP contribution is 2.20. The molecule has 2 aromatic rings. The van der Waals surface area contributed by atoms with Gasteiger partial charge in [-0.3, -0.25) is 0 Å². The fraction of sp³-hybridized carbons (Fsp3) is 0.529. The van der Waals surface area contributed by atoms with E-state index in [9.17, 15) is 8.42 Å². The summed E-state index contributed by atoms with van der Waals surface area (Å²) in [6.45, 7) is 3.38. The molecule has 0 spiro atoms. The Balaban J connectivity index is 1.61. The van der Waals surface area contributed by atoms with Gasteiger partial charge >= 0.3 is 0 Å². The van der Waals surface area contributed by atoms with Crippen LogP contribution in [0.25, 0.3) is 11.4 Å². The lowest BCUT2D eigenvalue weighted by Gasteiger charge is -2.20. The van der Waals surface area contributed by atoms with Gasteiger partial charge in [-0.15, -0.1) is 10.2 Å². The molecule has 2 heterocycles. The van der Waals surface area contributed by atoms with Crippen LogP contribution >= 0.6 is 0 Å². The number of benzene rings is 1. The third-order valence-corrected chi connectivity index (χ3v) is 6.50. The number of sulfonamides is 1. The molecule has 25 heavy (non-hydrogen) atoms. The Labute approximate surface area is 149 Å². The second kappa shape index (κ2) is 7.63. The first-order valence-corrected chi connectivity index (χ1v) is 10.2. The number of hydrogen-bond acceptors (Lipinski definition) is 5. The van der Waals surface area contributed by atoms with Gasteiger partial charge in [0.15, 0.2) is 5.82 Å². The third kappa shape index (κ3) is 4.26. The highest BCUT2D eigenvalue weighted by Gasteiger charge is 2.20. The van der Waals surface area contributed by atoms with Crippen molar-refractivity contribution in [3.63, 3.8) is 0 Å². The van der Waals surface area contributed by atoms with Gasteiger partial charge in [-0.2, -0.15) is 0 Å². The first-order chi connectivity index (χ1) is 12.0. The van der Waals surface area contributed by atoms with Gasteiger partial charge in [-0.05, 0) is 13.0 Å². The van der Waals surface area contributed by atoms with Crippen LogP contribution in [-0.4, -0.2) is 71.9 Å². The largest absolute Gasteiger partial charge is 0.310 e. The van der Waals surface area contributed by atoms with Crippen molar-refractivity contribution in [2.24, 2.45) is 0 Å². The molecule has 3 rings (SSSR count). The summed E-state index contributed by atoms with van der Waals surface area (Å²) in [5.41, 5.74) is 1.08. The van der Waals surface area contributed by atoms with Gasteiger partial charge in [0.1, 0.15) is 5.82 Å². The third-order valence-electron chi connectivity index (χ3n) is 4.58. The molecule has 0 atom stereocenters. The molecular weight excluding hydrogens is 338 g/mol. The molecule has 7 nitrogen and oxygen atoms in total. The van der Waals surface area contributed by atoms with Gasteiger partial charge in [-0.25, -0.2) is 12.7 Å². The van der Waals surface area contributed by atoms with Crippen LogP contribution in [0.3, 0.4) is 0 Å². The van der Waals surface area contributed by atoms with Gasteiger partial charge in [0, 0.05) is 45.7 Å². The first-order valence-electron chi connectivity index (χ1n) is 8.57. The zero-order valence-electron chi connectivity index (χ0n) is 14.8. The Kier molecular flexibility index (Phi) is 5.51. The molecular formula is C17H25N5O2S. The smallest absolute Gasteiger partial charge is 0.213 e. The molecule has 0 saturated heterocycles. The Morgan fingerprint density at radius 2 is 1.84 bits per heavy atom. The van der Waals surface area contributed by atoms with Crippen molar-refractivity contribution >= 4 is 10.0 Å². The molecule has 0 radical (unpaired) electrons. The number of fused-ring (bicyclic) bond motifs is 1. The molecule has 0 bridgehead atoms. The molecule has 136 valence electrons. The van der Waals surface area contributed by atoms with Crippen LogP contribution in [0.5, 0.6) is 0 Å². The first kappa shape index (κ1) is 18.0. The second-order valence-corrected chi connectivity index (χ2v) is 8.80. The van der Waals surface area contributed by atoms with Gasteiger partial charge in [0.25, 0.3) is 0 Å². The van der Waals surface area contributed by atoms with Gasteiger partial charge in [0.05, 0.1) is 5.75 Å². The maximum Gasteiger partial charge on any atom is 0.213 e. The second-order valence-electron chi connectivity index (χ2n) is 6.50. The molecule has 0 saturated carbocycles. The zero-order valence-corrected chi connectivity index (χ0v) is 15.6. The van der Waals surface area contributed by atoms with E-state index in [4.69, 9.17) is 0 Å². The van der Waals surface area contributed by atoms with Crippen molar-refractivity contribution in [1.29, 1.82) is 0 Å². The maximum absolute atomic E-state index is 11.9. The summed E-state index contributed by atoms with van der Waals surface area (Å²) < 4.78 is 27.2. The topological polar surface area (TPSA) is 71.3 Å². The summed E-state index contributed by atoms with van der Waals surface area (Å²) in [5.74, 6) is 2.10. The van der Waals surface area contributed by atoms with E-state index < -0.39 is 10.0 Å². The van der Waals surface area contributed by atoms with Crippen LogP contribution in [0.2, 0.25) is 0 Å². The normalized spacial score (nSPS) is 16.0. The average Bonchev–Trinajstić information content (AvgIpc) is 2.90. The molecule has 0 unspecified atom stereocenters. The molecule has 0 N–H and O–H groups in total. The lowest BCUT2D eigenvalue weighted by atomic mass is 10.2. The van der Waals surface area contributed by atoms with Crippen molar-refractivity contribution in [3.8, 4) is 11.4 Å². The molecule has 0 amide bonds. The number of hydrogen-bond donors (Lipinski definition) is 0. The van der Waals surface area contributed by atoms with Crippen LogP contribution in [-0.2, 0) is 23.0 Å². The summed E-state index contributed by atoms with van der Waals surface area (Å²) in [5, 5.41) is 8.71. The van der Waals surface area contributed by atoms with E-state index in [0.29, 0.717) is 6.42 Å². The molecule has 8 heteroatoms. The monoisotopic (exact) mass is 363 g/mol. The average molecular weight is 363 g/mol. The fourth-order valence-corrected chi connectivity index (χ4v) is 3.90. The van der Waals surface area contributed by atoms with E-state index >= 15 is 0 Å². The number of rotatable bonds is 6. The Morgan fingerprint density at radius 1 is 1.08 bits per heavy atom. The van der Waals surface area contributed by atoms with Crippen molar-refractivity contribution in [1.82, 2.24) is 24.0 Å². The van der Waals surface area contributed by atoms with E-state index in [0.717, 1.165) is 49.8 Å². The Hall–Kier alpha value is -1.77. The molecule has 0 aliphatic carbocycles. The molecule has 1 aromatic carbocycles. The van der Waals surface area contributed by atoms with E-state index in [1.54, 1.807) is 14.1 Å². The van der Waals surface area contributed by atoms with E-state index in [1.807, 2.05) is 30.3 Å². The minimum Gasteiger partial charge on any atom is -0.310 e. The Bertz CT molecular complexity index is 802. The van der Waals surface area contributed by atoms with Crippen molar-refractivity contribution in [3.05, 3.63) is 36.2 Å². The van der Waals surface area contributed by atoms with Crippen LogP contribution in [0.4, 0.5) is 0 Å². The van der Waals surface area contributed by atoms with E-state index in [-0.39, 0.29) is 5.75 Å². The molecule has 1 aromatic heterocycles. The fourth-order valence-electron chi connectivity index (χ4n) is 3.04.